The van der Waals surface area contributed by atoms with Crippen LogP contribution in [-0.2, 0) is 4.74 Å². The van der Waals surface area contributed by atoms with E-state index in [-0.39, 0.29) is 0 Å². The number of aryl methyl sites for hydroxylation is 1. The van der Waals surface area contributed by atoms with E-state index >= 15 is 0 Å². The van der Waals surface area contributed by atoms with Gasteiger partial charge in [0.1, 0.15) is 5.15 Å². The minimum Gasteiger partial charge on any atom is -0.379 e. The van der Waals surface area contributed by atoms with Gasteiger partial charge in [-0.05, 0) is 18.6 Å². The summed E-state index contributed by atoms with van der Waals surface area (Å²) in [5.74, 6) is 0. The maximum atomic E-state index is 5.81. The predicted octanol–water partition coefficient (Wildman–Crippen LogP) is 2.53. The molecular formula is C9H10ClNOS. The van der Waals surface area contributed by atoms with Crippen LogP contribution in [0.4, 0.5) is 0 Å². The van der Waals surface area contributed by atoms with Gasteiger partial charge in [0.25, 0.3) is 0 Å². The number of hydrogen-bond donors (Lipinski definition) is 0. The van der Waals surface area contributed by atoms with Crippen molar-refractivity contribution < 1.29 is 4.74 Å². The number of aromatic nitrogens is 1. The van der Waals surface area contributed by atoms with Gasteiger partial charge in [-0.2, -0.15) is 0 Å². The van der Waals surface area contributed by atoms with Gasteiger partial charge in [0, 0.05) is 11.1 Å². The molecule has 4 heteroatoms. The van der Waals surface area contributed by atoms with Crippen molar-refractivity contribution in [1.29, 1.82) is 0 Å². The molecule has 0 atom stereocenters. The molecule has 70 valence electrons. The zero-order valence-corrected chi connectivity index (χ0v) is 8.86. The second-order valence-electron chi connectivity index (χ2n) is 3.05. The van der Waals surface area contributed by atoms with Gasteiger partial charge in [0.05, 0.1) is 18.5 Å². The van der Waals surface area contributed by atoms with Crippen molar-refractivity contribution in [3.63, 3.8) is 0 Å². The van der Waals surface area contributed by atoms with Gasteiger partial charge < -0.3 is 4.74 Å². The highest BCUT2D eigenvalue weighted by Gasteiger charge is 2.20. The van der Waals surface area contributed by atoms with Crippen molar-refractivity contribution in [2.75, 3.05) is 13.2 Å². The topological polar surface area (TPSA) is 22.1 Å². The van der Waals surface area contributed by atoms with Crippen LogP contribution in [0.15, 0.2) is 17.2 Å². The maximum Gasteiger partial charge on any atom is 0.130 e. The Morgan fingerprint density at radius 3 is 3.00 bits per heavy atom. The Morgan fingerprint density at radius 2 is 2.38 bits per heavy atom. The minimum atomic E-state index is 0.563. The third kappa shape index (κ3) is 2.16. The van der Waals surface area contributed by atoms with E-state index in [1.54, 1.807) is 0 Å². The van der Waals surface area contributed by atoms with E-state index in [1.165, 1.54) is 10.5 Å². The SMILES string of the molecule is Cc1cnc(Cl)cc1SC1COC1. The number of rotatable bonds is 2. The van der Waals surface area contributed by atoms with Gasteiger partial charge in [-0.25, -0.2) is 4.98 Å². The average Bonchev–Trinajstić information content (AvgIpc) is 2.03. The Labute approximate surface area is 86.6 Å². The van der Waals surface area contributed by atoms with E-state index in [4.69, 9.17) is 16.3 Å². The summed E-state index contributed by atoms with van der Waals surface area (Å²) in [4.78, 5) is 5.23. The molecule has 0 amide bonds. The molecule has 0 radical (unpaired) electrons. The third-order valence-corrected chi connectivity index (χ3v) is 3.43. The van der Waals surface area contributed by atoms with Crippen LogP contribution in [0.2, 0.25) is 5.15 Å². The molecule has 0 saturated carbocycles. The first kappa shape index (κ1) is 9.31. The van der Waals surface area contributed by atoms with Crippen LogP contribution >= 0.6 is 23.4 Å². The fourth-order valence-electron chi connectivity index (χ4n) is 1.07. The molecule has 1 fully saturated rings. The van der Waals surface area contributed by atoms with E-state index in [1.807, 2.05) is 30.9 Å². The summed E-state index contributed by atoms with van der Waals surface area (Å²) in [6, 6.07) is 1.92. The first-order valence-electron chi connectivity index (χ1n) is 4.12. The Kier molecular flexibility index (Phi) is 2.77. The van der Waals surface area contributed by atoms with Crippen LogP contribution in [-0.4, -0.2) is 23.4 Å². The summed E-state index contributed by atoms with van der Waals surface area (Å²) in [5.41, 5.74) is 1.18. The standard InChI is InChI=1S/C9H10ClNOS/c1-6-3-11-9(10)2-8(6)13-7-4-12-5-7/h2-3,7H,4-5H2,1H3. The van der Waals surface area contributed by atoms with Crippen molar-refractivity contribution in [3.8, 4) is 0 Å². The molecule has 13 heavy (non-hydrogen) atoms. The van der Waals surface area contributed by atoms with E-state index < -0.39 is 0 Å². The second-order valence-corrected chi connectivity index (χ2v) is 4.78. The van der Waals surface area contributed by atoms with Gasteiger partial charge >= 0.3 is 0 Å². The normalized spacial score (nSPS) is 17.1. The summed E-state index contributed by atoms with van der Waals surface area (Å²) in [5, 5.41) is 1.16. The quantitative estimate of drug-likeness (QED) is 0.708. The Bertz CT molecular complexity index is 314. The zero-order valence-electron chi connectivity index (χ0n) is 7.29. The zero-order chi connectivity index (χ0) is 9.26. The largest absolute Gasteiger partial charge is 0.379 e. The average molecular weight is 216 g/mol. The summed E-state index contributed by atoms with van der Waals surface area (Å²) in [6.07, 6.45) is 1.81. The Hall–Kier alpha value is -0.250. The lowest BCUT2D eigenvalue weighted by molar-refractivity contribution is 0.0455. The first-order valence-corrected chi connectivity index (χ1v) is 5.38. The van der Waals surface area contributed by atoms with E-state index in [0.717, 1.165) is 13.2 Å². The number of hydrogen-bond acceptors (Lipinski definition) is 3. The third-order valence-electron chi connectivity index (χ3n) is 1.92. The fraction of sp³-hybridized carbons (Fsp3) is 0.444. The second kappa shape index (κ2) is 3.86. The molecule has 0 unspecified atom stereocenters. The summed E-state index contributed by atoms with van der Waals surface area (Å²) in [7, 11) is 0. The summed E-state index contributed by atoms with van der Waals surface area (Å²) < 4.78 is 5.11. The molecule has 0 spiro atoms. The van der Waals surface area contributed by atoms with Crippen LogP contribution in [0, 0.1) is 6.92 Å². The van der Waals surface area contributed by atoms with Gasteiger partial charge in [0.2, 0.25) is 0 Å². The minimum absolute atomic E-state index is 0.563. The van der Waals surface area contributed by atoms with Crippen LogP contribution in [0.5, 0.6) is 0 Å². The highest BCUT2D eigenvalue weighted by molar-refractivity contribution is 8.00. The number of halogens is 1. The number of nitrogens with zero attached hydrogens (tertiary/aromatic N) is 1. The van der Waals surface area contributed by atoms with Gasteiger partial charge in [-0.15, -0.1) is 11.8 Å². The molecule has 1 aromatic rings. The van der Waals surface area contributed by atoms with Crippen molar-refractivity contribution in [3.05, 3.63) is 23.0 Å². The van der Waals surface area contributed by atoms with E-state index in [9.17, 15) is 0 Å². The maximum absolute atomic E-state index is 5.81. The summed E-state index contributed by atoms with van der Waals surface area (Å²) in [6.45, 7) is 3.75. The van der Waals surface area contributed by atoms with Gasteiger partial charge in [-0.3, -0.25) is 0 Å². The molecule has 1 aliphatic rings. The highest BCUT2D eigenvalue weighted by atomic mass is 35.5. The molecular weight excluding hydrogens is 206 g/mol. The molecule has 0 aliphatic carbocycles. The molecule has 2 heterocycles. The smallest absolute Gasteiger partial charge is 0.130 e. The fourth-order valence-corrected chi connectivity index (χ4v) is 2.40. The van der Waals surface area contributed by atoms with E-state index in [2.05, 4.69) is 4.98 Å². The lowest BCUT2D eigenvalue weighted by Crippen LogP contribution is -2.30. The molecule has 1 saturated heterocycles. The number of pyridine rings is 1. The highest BCUT2D eigenvalue weighted by Crippen LogP contribution is 2.31. The monoisotopic (exact) mass is 215 g/mol. The van der Waals surface area contributed by atoms with Gasteiger partial charge in [-0.1, -0.05) is 11.6 Å². The number of thioether (sulfide) groups is 1. The van der Waals surface area contributed by atoms with Crippen molar-refractivity contribution in [2.24, 2.45) is 0 Å². The Balaban J connectivity index is 2.13. The molecule has 0 aromatic carbocycles. The van der Waals surface area contributed by atoms with Crippen molar-refractivity contribution in [2.45, 2.75) is 17.1 Å². The van der Waals surface area contributed by atoms with Gasteiger partial charge in [0.15, 0.2) is 0 Å². The van der Waals surface area contributed by atoms with Crippen LogP contribution < -0.4 is 0 Å². The molecule has 0 bridgehead atoms. The lowest BCUT2D eigenvalue weighted by Gasteiger charge is -2.25. The first-order chi connectivity index (χ1) is 6.25. The molecule has 1 aromatic heterocycles. The van der Waals surface area contributed by atoms with Crippen molar-refractivity contribution >= 4 is 23.4 Å². The molecule has 2 nitrogen and oxygen atoms in total. The van der Waals surface area contributed by atoms with E-state index in [0.29, 0.717) is 10.4 Å². The number of ether oxygens (including phenoxy) is 1. The van der Waals surface area contributed by atoms with Crippen LogP contribution in [0.3, 0.4) is 0 Å². The summed E-state index contributed by atoms with van der Waals surface area (Å²) >= 11 is 7.63. The van der Waals surface area contributed by atoms with Crippen LogP contribution in [0.25, 0.3) is 0 Å². The molecule has 0 N–H and O–H groups in total. The Morgan fingerprint density at radius 1 is 1.62 bits per heavy atom. The van der Waals surface area contributed by atoms with Crippen molar-refractivity contribution in [1.82, 2.24) is 4.98 Å². The van der Waals surface area contributed by atoms with Crippen LogP contribution in [0.1, 0.15) is 5.56 Å². The predicted molar refractivity (Wildman–Crippen MR) is 54.4 cm³/mol. The molecule has 1 aliphatic heterocycles. The molecule has 2 rings (SSSR count). The lowest BCUT2D eigenvalue weighted by atomic mass is 10.3.